The van der Waals surface area contributed by atoms with Gasteiger partial charge in [-0.3, -0.25) is 14.4 Å². The zero-order valence-electron chi connectivity index (χ0n) is 17.7. The van der Waals surface area contributed by atoms with Crippen LogP contribution >= 0.6 is 0 Å². The van der Waals surface area contributed by atoms with Crippen molar-refractivity contribution in [3.05, 3.63) is 59.2 Å². The molecule has 0 unspecified atom stereocenters. The lowest BCUT2D eigenvalue weighted by atomic mass is 10.1. The van der Waals surface area contributed by atoms with Crippen LogP contribution in [-0.4, -0.2) is 50.8 Å². The summed E-state index contributed by atoms with van der Waals surface area (Å²) >= 11 is 0. The largest absolute Gasteiger partial charge is 0.483 e. The maximum Gasteiger partial charge on any atom is 0.329 e. The summed E-state index contributed by atoms with van der Waals surface area (Å²) in [6.07, 6.45) is 1.33. The van der Waals surface area contributed by atoms with Crippen molar-refractivity contribution in [1.29, 1.82) is 0 Å². The number of amides is 3. The molecule has 0 heterocycles. The van der Waals surface area contributed by atoms with E-state index < -0.39 is 11.8 Å². The third-order valence-corrected chi connectivity index (χ3v) is 4.10. The second-order valence-corrected chi connectivity index (χ2v) is 6.64. The second kappa shape index (κ2) is 12.1. The van der Waals surface area contributed by atoms with Crippen LogP contribution in [0.3, 0.4) is 0 Å². The molecule has 0 atom stereocenters. The van der Waals surface area contributed by atoms with Crippen molar-refractivity contribution in [3.63, 3.8) is 0 Å². The van der Waals surface area contributed by atoms with Gasteiger partial charge in [-0.1, -0.05) is 29.8 Å². The fourth-order valence-corrected chi connectivity index (χ4v) is 2.56. The number of carbonyl (C=O) groups excluding carboxylic acids is 3. The predicted octanol–water partition coefficient (Wildman–Crippen LogP) is 1.53. The molecule has 0 fully saturated rings. The number of anilines is 1. The van der Waals surface area contributed by atoms with Crippen molar-refractivity contribution in [1.82, 2.24) is 10.7 Å². The molecule has 31 heavy (non-hydrogen) atoms. The Labute approximate surface area is 180 Å². The van der Waals surface area contributed by atoms with E-state index >= 15 is 0 Å². The number of ether oxygens (including phenoxy) is 2. The number of benzene rings is 2. The molecule has 0 saturated heterocycles. The van der Waals surface area contributed by atoms with Crippen molar-refractivity contribution in [2.24, 2.45) is 5.10 Å². The quantitative estimate of drug-likeness (QED) is 0.243. The van der Waals surface area contributed by atoms with Crippen LogP contribution in [-0.2, 0) is 19.1 Å². The van der Waals surface area contributed by atoms with Crippen LogP contribution in [0, 0.1) is 13.8 Å². The molecule has 3 amide bonds. The molecule has 9 nitrogen and oxygen atoms in total. The predicted molar refractivity (Wildman–Crippen MR) is 117 cm³/mol. The Kier molecular flexibility index (Phi) is 9.18. The van der Waals surface area contributed by atoms with Gasteiger partial charge in [0.15, 0.2) is 6.61 Å². The van der Waals surface area contributed by atoms with E-state index in [0.29, 0.717) is 17.9 Å². The molecular formula is C22H26N4O5. The molecule has 2 rings (SSSR count). The molecule has 0 bridgehead atoms. The molecule has 0 aliphatic heterocycles. The van der Waals surface area contributed by atoms with Gasteiger partial charge in [0.2, 0.25) is 0 Å². The number of hydrazone groups is 1. The standard InChI is InChI=1S/C22H26N4O5/c1-15-8-9-18(16(2)12-15)25-20(27)14-31-19-7-5-4-6-17(19)13-24-26-22(29)21(28)23-10-11-30-3/h4-9,12-13H,10-11,14H2,1-3H3,(H,23,28)(H,25,27)(H,26,29)/b24-13-. The maximum absolute atomic E-state index is 12.2. The van der Waals surface area contributed by atoms with Crippen LogP contribution in [0.1, 0.15) is 16.7 Å². The number of methoxy groups -OCH3 is 1. The Morgan fingerprint density at radius 3 is 2.58 bits per heavy atom. The van der Waals surface area contributed by atoms with Crippen molar-refractivity contribution in [3.8, 4) is 5.75 Å². The lowest BCUT2D eigenvalue weighted by Crippen LogP contribution is -2.39. The monoisotopic (exact) mass is 426 g/mol. The molecule has 0 aromatic heterocycles. The Morgan fingerprint density at radius 2 is 1.84 bits per heavy atom. The molecule has 0 aliphatic rings. The summed E-state index contributed by atoms with van der Waals surface area (Å²) in [5.74, 6) is -1.62. The third kappa shape index (κ3) is 7.90. The first-order chi connectivity index (χ1) is 14.9. The van der Waals surface area contributed by atoms with E-state index in [-0.39, 0.29) is 19.1 Å². The van der Waals surface area contributed by atoms with Gasteiger partial charge in [0.25, 0.3) is 5.91 Å². The van der Waals surface area contributed by atoms with Gasteiger partial charge in [0.05, 0.1) is 12.8 Å². The lowest BCUT2D eigenvalue weighted by molar-refractivity contribution is -0.139. The van der Waals surface area contributed by atoms with Gasteiger partial charge in [-0.15, -0.1) is 0 Å². The van der Waals surface area contributed by atoms with Crippen molar-refractivity contribution in [2.75, 3.05) is 32.2 Å². The fraction of sp³-hybridized carbons (Fsp3) is 0.273. The number of carbonyl (C=O) groups is 3. The molecule has 3 N–H and O–H groups in total. The second-order valence-electron chi connectivity index (χ2n) is 6.64. The van der Waals surface area contributed by atoms with Gasteiger partial charge in [-0.05, 0) is 37.6 Å². The average molecular weight is 426 g/mol. The van der Waals surface area contributed by atoms with Crippen LogP contribution in [0.4, 0.5) is 5.69 Å². The number of hydrogen-bond donors (Lipinski definition) is 3. The third-order valence-electron chi connectivity index (χ3n) is 4.10. The lowest BCUT2D eigenvalue weighted by Gasteiger charge is -2.11. The number of para-hydroxylation sites is 1. The van der Waals surface area contributed by atoms with Crippen molar-refractivity contribution >= 4 is 29.6 Å². The van der Waals surface area contributed by atoms with E-state index in [1.807, 2.05) is 32.0 Å². The number of nitrogens with one attached hydrogen (secondary N) is 3. The maximum atomic E-state index is 12.2. The molecular weight excluding hydrogens is 400 g/mol. The van der Waals surface area contributed by atoms with Crippen LogP contribution in [0.2, 0.25) is 0 Å². The molecule has 9 heteroatoms. The van der Waals surface area contributed by atoms with E-state index in [9.17, 15) is 14.4 Å². The summed E-state index contributed by atoms with van der Waals surface area (Å²) in [6, 6.07) is 12.6. The van der Waals surface area contributed by atoms with E-state index in [1.54, 1.807) is 24.3 Å². The first kappa shape index (κ1) is 23.6. The Bertz CT molecular complexity index is 959. The van der Waals surface area contributed by atoms with E-state index in [4.69, 9.17) is 9.47 Å². The van der Waals surface area contributed by atoms with Gasteiger partial charge in [-0.2, -0.15) is 5.10 Å². The van der Waals surface area contributed by atoms with Crippen LogP contribution in [0.5, 0.6) is 5.75 Å². The minimum absolute atomic E-state index is 0.202. The summed E-state index contributed by atoms with van der Waals surface area (Å²) in [5, 5.41) is 8.96. The molecule has 164 valence electrons. The van der Waals surface area contributed by atoms with Crippen LogP contribution < -0.4 is 20.8 Å². The molecule has 0 radical (unpaired) electrons. The van der Waals surface area contributed by atoms with Crippen molar-refractivity contribution in [2.45, 2.75) is 13.8 Å². The zero-order valence-corrected chi connectivity index (χ0v) is 17.7. The molecule has 0 aliphatic carbocycles. The summed E-state index contributed by atoms with van der Waals surface area (Å²) in [6.45, 7) is 4.21. The first-order valence-electron chi connectivity index (χ1n) is 9.60. The zero-order chi connectivity index (χ0) is 22.6. The molecule has 2 aromatic rings. The molecule has 0 spiro atoms. The van der Waals surface area contributed by atoms with Gasteiger partial charge < -0.3 is 20.1 Å². The number of rotatable bonds is 9. The summed E-state index contributed by atoms with van der Waals surface area (Å²) in [5.41, 5.74) is 5.46. The van der Waals surface area contributed by atoms with Crippen molar-refractivity contribution < 1.29 is 23.9 Å². The molecule has 2 aromatic carbocycles. The smallest absolute Gasteiger partial charge is 0.329 e. The summed E-state index contributed by atoms with van der Waals surface area (Å²) in [7, 11) is 1.49. The van der Waals surface area contributed by atoms with E-state index in [1.165, 1.54) is 13.3 Å². The minimum Gasteiger partial charge on any atom is -0.483 e. The highest BCUT2D eigenvalue weighted by Crippen LogP contribution is 2.17. The number of nitrogens with zero attached hydrogens (tertiary/aromatic N) is 1. The SMILES string of the molecule is COCCNC(=O)C(=O)N/N=C\c1ccccc1OCC(=O)Nc1ccc(C)cc1C. The number of aryl methyl sites for hydroxylation is 2. The highest BCUT2D eigenvalue weighted by Gasteiger charge is 2.12. The van der Waals surface area contributed by atoms with Gasteiger partial charge in [0, 0.05) is 24.9 Å². The summed E-state index contributed by atoms with van der Waals surface area (Å²) in [4.78, 5) is 35.5. The van der Waals surface area contributed by atoms with Gasteiger partial charge >= 0.3 is 11.8 Å². The van der Waals surface area contributed by atoms with Gasteiger partial charge in [-0.25, -0.2) is 5.43 Å². The van der Waals surface area contributed by atoms with Crippen LogP contribution in [0.15, 0.2) is 47.6 Å². The normalized spacial score (nSPS) is 10.5. The molecule has 0 saturated carbocycles. The van der Waals surface area contributed by atoms with E-state index in [2.05, 4.69) is 21.2 Å². The van der Waals surface area contributed by atoms with Crippen LogP contribution in [0.25, 0.3) is 0 Å². The Hall–Kier alpha value is -3.72. The Morgan fingerprint density at radius 1 is 1.06 bits per heavy atom. The first-order valence-corrected chi connectivity index (χ1v) is 9.60. The summed E-state index contributed by atoms with van der Waals surface area (Å²) < 4.78 is 10.4. The van der Waals surface area contributed by atoms with E-state index in [0.717, 1.165) is 16.8 Å². The number of hydrogen-bond acceptors (Lipinski definition) is 6. The highest BCUT2D eigenvalue weighted by molar-refractivity contribution is 6.35. The topological polar surface area (TPSA) is 118 Å². The van der Waals surface area contributed by atoms with Gasteiger partial charge in [0.1, 0.15) is 5.75 Å². The fourth-order valence-electron chi connectivity index (χ4n) is 2.56. The average Bonchev–Trinajstić information content (AvgIpc) is 2.75. The highest BCUT2D eigenvalue weighted by atomic mass is 16.5. The minimum atomic E-state index is -0.904. The Balaban J connectivity index is 1.89.